The predicted octanol–water partition coefficient (Wildman–Crippen LogP) is 3.00. The Morgan fingerprint density at radius 1 is 1.25 bits per heavy atom. The minimum absolute atomic E-state index is 0.484. The number of fused-ring (bicyclic) bond motifs is 1. The van der Waals surface area contributed by atoms with Gasteiger partial charge in [-0.15, -0.1) is 0 Å². The summed E-state index contributed by atoms with van der Waals surface area (Å²) in [5.74, 6) is 0. The monoisotopic (exact) mass is 271 g/mol. The van der Waals surface area contributed by atoms with Crippen molar-refractivity contribution in [2.24, 2.45) is 0 Å². The van der Waals surface area contributed by atoms with Gasteiger partial charge in [-0.2, -0.15) is 0 Å². The maximum Gasteiger partial charge on any atom is 0.0459 e. The van der Waals surface area contributed by atoms with Gasteiger partial charge in [0.1, 0.15) is 0 Å². The van der Waals surface area contributed by atoms with Crippen LogP contribution in [0.2, 0.25) is 0 Å². The van der Waals surface area contributed by atoms with Crippen LogP contribution >= 0.6 is 0 Å². The average molecular weight is 271 g/mol. The highest BCUT2D eigenvalue weighted by Crippen LogP contribution is 2.32. The van der Waals surface area contributed by atoms with Crippen LogP contribution in [0, 0.1) is 6.92 Å². The largest absolute Gasteiger partial charge is 0.358 e. The summed E-state index contributed by atoms with van der Waals surface area (Å²) in [6.45, 7) is 11.3. The summed E-state index contributed by atoms with van der Waals surface area (Å²) in [6.07, 6.45) is 1.10. The van der Waals surface area contributed by atoms with Crippen molar-refractivity contribution in [2.45, 2.75) is 33.2 Å². The van der Waals surface area contributed by atoms with E-state index in [2.05, 4.69) is 54.2 Å². The van der Waals surface area contributed by atoms with E-state index in [9.17, 15) is 0 Å². The molecule has 1 aromatic heterocycles. The third-order valence-electron chi connectivity index (χ3n) is 4.63. The second-order valence-corrected chi connectivity index (χ2v) is 5.86. The van der Waals surface area contributed by atoms with E-state index in [1.54, 1.807) is 0 Å². The maximum atomic E-state index is 3.56. The summed E-state index contributed by atoms with van der Waals surface area (Å²) in [5.41, 5.74) is 5.50. The van der Waals surface area contributed by atoms with Crippen molar-refractivity contribution in [3.05, 3.63) is 35.0 Å². The molecule has 2 aromatic rings. The van der Waals surface area contributed by atoms with E-state index in [0.29, 0.717) is 6.04 Å². The van der Waals surface area contributed by atoms with Crippen LogP contribution in [-0.2, 0) is 6.42 Å². The molecule has 3 heteroatoms. The molecule has 0 aliphatic carbocycles. The molecule has 3 rings (SSSR count). The quantitative estimate of drug-likeness (QED) is 0.899. The van der Waals surface area contributed by atoms with Crippen molar-refractivity contribution in [1.29, 1.82) is 0 Å². The molecule has 108 valence electrons. The van der Waals surface area contributed by atoms with E-state index in [0.717, 1.165) is 32.6 Å². The first-order chi connectivity index (χ1) is 9.70. The van der Waals surface area contributed by atoms with Crippen molar-refractivity contribution in [3.63, 3.8) is 0 Å². The van der Waals surface area contributed by atoms with Crippen LogP contribution in [0.15, 0.2) is 18.2 Å². The van der Waals surface area contributed by atoms with Gasteiger partial charge in [-0.1, -0.05) is 13.0 Å². The van der Waals surface area contributed by atoms with Crippen molar-refractivity contribution >= 4 is 10.9 Å². The minimum Gasteiger partial charge on any atom is -0.358 e. The van der Waals surface area contributed by atoms with Gasteiger partial charge in [0, 0.05) is 48.8 Å². The Labute approximate surface area is 121 Å². The number of piperazine rings is 1. The van der Waals surface area contributed by atoms with Crippen molar-refractivity contribution < 1.29 is 0 Å². The number of hydrogen-bond acceptors (Lipinski definition) is 2. The molecule has 1 aliphatic rings. The van der Waals surface area contributed by atoms with Crippen LogP contribution in [0.25, 0.3) is 10.9 Å². The molecular formula is C17H25N3. The fraction of sp³-hybridized carbons (Fsp3) is 0.529. The smallest absolute Gasteiger partial charge is 0.0459 e. The minimum atomic E-state index is 0.484. The molecule has 1 unspecified atom stereocenters. The highest BCUT2D eigenvalue weighted by Gasteiger charge is 2.22. The lowest BCUT2D eigenvalue weighted by Crippen LogP contribution is -2.44. The van der Waals surface area contributed by atoms with Gasteiger partial charge in [0.05, 0.1) is 0 Å². The predicted molar refractivity (Wildman–Crippen MR) is 85.3 cm³/mol. The second-order valence-electron chi connectivity index (χ2n) is 5.86. The SMILES string of the molecule is CCc1ccc2[nH]c(C)c(C(C)N3CCNCC3)c2c1. The number of aryl methyl sites for hydroxylation is 2. The van der Waals surface area contributed by atoms with Gasteiger partial charge in [-0.3, -0.25) is 4.90 Å². The Balaban J connectivity index is 2.02. The van der Waals surface area contributed by atoms with Crippen molar-refractivity contribution in [3.8, 4) is 0 Å². The van der Waals surface area contributed by atoms with E-state index >= 15 is 0 Å². The highest BCUT2D eigenvalue weighted by atomic mass is 15.2. The number of hydrogen-bond donors (Lipinski definition) is 2. The van der Waals surface area contributed by atoms with Gasteiger partial charge < -0.3 is 10.3 Å². The van der Waals surface area contributed by atoms with Crippen LogP contribution < -0.4 is 5.32 Å². The Hall–Kier alpha value is -1.32. The van der Waals surface area contributed by atoms with Gasteiger partial charge in [-0.05, 0) is 43.5 Å². The van der Waals surface area contributed by atoms with E-state index in [1.165, 1.54) is 27.7 Å². The zero-order valence-electron chi connectivity index (χ0n) is 12.8. The summed E-state index contributed by atoms with van der Waals surface area (Å²) < 4.78 is 0. The molecule has 3 nitrogen and oxygen atoms in total. The normalized spacial score (nSPS) is 18.6. The number of nitrogens with zero attached hydrogens (tertiary/aromatic N) is 1. The fourth-order valence-corrected chi connectivity index (χ4v) is 3.40. The Morgan fingerprint density at radius 2 is 2.00 bits per heavy atom. The second kappa shape index (κ2) is 5.58. The summed E-state index contributed by atoms with van der Waals surface area (Å²) in [4.78, 5) is 6.14. The van der Waals surface area contributed by atoms with Gasteiger partial charge in [0.15, 0.2) is 0 Å². The number of aromatic amines is 1. The van der Waals surface area contributed by atoms with Crippen molar-refractivity contribution in [2.75, 3.05) is 26.2 Å². The molecule has 1 atom stereocenters. The lowest BCUT2D eigenvalue weighted by atomic mass is 10.0. The molecule has 0 amide bonds. The third kappa shape index (κ3) is 2.36. The van der Waals surface area contributed by atoms with E-state index in [4.69, 9.17) is 0 Å². The topological polar surface area (TPSA) is 31.1 Å². The Bertz CT molecular complexity index is 594. The first-order valence-electron chi connectivity index (χ1n) is 7.76. The highest BCUT2D eigenvalue weighted by molar-refractivity contribution is 5.85. The zero-order chi connectivity index (χ0) is 14.1. The maximum absolute atomic E-state index is 3.56. The molecule has 0 spiro atoms. The summed E-state index contributed by atoms with van der Waals surface area (Å²) >= 11 is 0. The van der Waals surface area contributed by atoms with Crippen LogP contribution in [0.5, 0.6) is 0 Å². The molecule has 1 aromatic carbocycles. The summed E-state index contributed by atoms with van der Waals surface area (Å²) in [6, 6.07) is 7.32. The molecular weight excluding hydrogens is 246 g/mol. The van der Waals surface area contributed by atoms with Gasteiger partial charge in [0.25, 0.3) is 0 Å². The standard InChI is InChI=1S/C17H25N3/c1-4-14-5-6-16-15(11-14)17(12(2)19-16)13(3)20-9-7-18-8-10-20/h5-6,11,13,18-19H,4,7-10H2,1-3H3. The van der Waals surface area contributed by atoms with E-state index in [-0.39, 0.29) is 0 Å². The van der Waals surface area contributed by atoms with Gasteiger partial charge >= 0.3 is 0 Å². The van der Waals surface area contributed by atoms with Crippen LogP contribution in [-0.4, -0.2) is 36.1 Å². The molecule has 0 saturated carbocycles. The molecule has 20 heavy (non-hydrogen) atoms. The number of aromatic nitrogens is 1. The van der Waals surface area contributed by atoms with Gasteiger partial charge in [0.2, 0.25) is 0 Å². The first kappa shape index (κ1) is 13.7. The van der Waals surface area contributed by atoms with E-state index in [1.807, 2.05) is 0 Å². The third-order valence-corrected chi connectivity index (χ3v) is 4.63. The number of rotatable bonds is 3. The lowest BCUT2D eigenvalue weighted by molar-refractivity contribution is 0.186. The molecule has 1 aliphatic heterocycles. The number of benzene rings is 1. The molecule has 2 N–H and O–H groups in total. The summed E-state index contributed by atoms with van der Waals surface area (Å²) in [5, 5.41) is 4.85. The van der Waals surface area contributed by atoms with E-state index < -0.39 is 0 Å². The zero-order valence-corrected chi connectivity index (χ0v) is 12.8. The molecule has 1 saturated heterocycles. The number of H-pyrrole nitrogens is 1. The average Bonchev–Trinajstić information content (AvgIpc) is 2.82. The van der Waals surface area contributed by atoms with Crippen LogP contribution in [0.3, 0.4) is 0 Å². The van der Waals surface area contributed by atoms with Crippen molar-refractivity contribution in [1.82, 2.24) is 15.2 Å². The lowest BCUT2D eigenvalue weighted by Gasteiger charge is -2.33. The first-order valence-corrected chi connectivity index (χ1v) is 7.76. The van der Waals surface area contributed by atoms with Gasteiger partial charge in [-0.25, -0.2) is 0 Å². The van der Waals surface area contributed by atoms with Crippen LogP contribution in [0.4, 0.5) is 0 Å². The molecule has 1 fully saturated rings. The molecule has 2 heterocycles. The summed E-state index contributed by atoms with van der Waals surface area (Å²) in [7, 11) is 0. The Morgan fingerprint density at radius 3 is 2.70 bits per heavy atom. The Kier molecular flexibility index (Phi) is 3.81. The fourth-order valence-electron chi connectivity index (χ4n) is 3.40. The molecule has 0 radical (unpaired) electrons. The molecule has 0 bridgehead atoms. The number of nitrogens with one attached hydrogen (secondary N) is 2. The van der Waals surface area contributed by atoms with Crippen LogP contribution in [0.1, 0.15) is 36.7 Å².